The highest BCUT2D eigenvalue weighted by Gasteiger charge is 2.58. The lowest BCUT2D eigenvalue weighted by Gasteiger charge is -2.41. The number of nitrogens with zero attached hydrogens (tertiary/aromatic N) is 3. The molecule has 0 aromatic heterocycles. The lowest BCUT2D eigenvalue weighted by atomic mass is 9.80. The highest BCUT2D eigenvalue weighted by Crippen LogP contribution is 2.46. The van der Waals surface area contributed by atoms with E-state index < -0.39 is 17.5 Å². The summed E-state index contributed by atoms with van der Waals surface area (Å²) in [5.41, 5.74) is -1.34. The molecule has 5 aliphatic rings. The van der Waals surface area contributed by atoms with Gasteiger partial charge in [-0.25, -0.2) is 8.78 Å². The molecule has 0 N–H and O–H groups in total. The number of hydrogen-bond donors (Lipinski definition) is 0. The molecule has 2 aliphatic carbocycles. The van der Waals surface area contributed by atoms with Crippen LogP contribution in [-0.4, -0.2) is 116 Å². The largest absolute Gasteiger partial charge is 0.497 e. The number of alkyl halides is 1. The smallest absolute Gasteiger partial charge is 0.262 e. The van der Waals surface area contributed by atoms with Crippen LogP contribution in [0.2, 0.25) is 0 Å². The number of piperidine rings is 1. The topological polar surface area (TPSA) is 71.6 Å². The first-order valence-corrected chi connectivity index (χ1v) is 17.9. The lowest BCUT2D eigenvalue weighted by molar-refractivity contribution is -0.146. The van der Waals surface area contributed by atoms with Gasteiger partial charge in [0.1, 0.15) is 11.6 Å². The number of halogens is 3. The van der Waals surface area contributed by atoms with Crippen LogP contribution in [0.15, 0.2) is 48.3 Å². The molecule has 0 spiro atoms. The van der Waals surface area contributed by atoms with Gasteiger partial charge in [-0.3, -0.25) is 19.4 Å². The second-order valence-electron chi connectivity index (χ2n) is 14.4. The van der Waals surface area contributed by atoms with Crippen LogP contribution < -0.4 is 4.74 Å². The third kappa shape index (κ3) is 7.24. The van der Waals surface area contributed by atoms with Crippen LogP contribution in [0.4, 0.5) is 8.78 Å². The van der Waals surface area contributed by atoms with Gasteiger partial charge < -0.3 is 19.1 Å². The van der Waals surface area contributed by atoms with E-state index in [1.165, 1.54) is 6.08 Å². The number of ether oxygens (including phenoxy) is 3. The highest BCUT2D eigenvalue weighted by molar-refractivity contribution is 6.64. The Kier molecular flexibility index (Phi) is 11.3. The number of rotatable bonds is 10. The SMILES string of the molecule is COC[C@@H]1C[C@@H](C2C=CC(F)=CC2N2CCC(C(=O)Cl)CC2)CN1C(=O)[C@]1(F)CN(C2CCC(OC)CC2)C[C@H]1c1ccc(OC)cc1. The van der Waals surface area contributed by atoms with E-state index >= 15 is 4.39 Å². The van der Waals surface area contributed by atoms with Gasteiger partial charge in [0.15, 0.2) is 0 Å². The van der Waals surface area contributed by atoms with E-state index in [4.69, 9.17) is 25.8 Å². The van der Waals surface area contributed by atoms with E-state index in [1.807, 2.05) is 30.3 Å². The van der Waals surface area contributed by atoms with E-state index in [1.54, 1.807) is 32.3 Å². The molecule has 1 saturated carbocycles. The van der Waals surface area contributed by atoms with E-state index in [0.29, 0.717) is 57.8 Å². The number of benzene rings is 1. The summed E-state index contributed by atoms with van der Waals surface area (Å²) < 4.78 is 49.2. The minimum absolute atomic E-state index is 0.0167. The molecule has 3 heterocycles. The summed E-state index contributed by atoms with van der Waals surface area (Å²) >= 11 is 5.80. The molecule has 6 atom stereocenters. The van der Waals surface area contributed by atoms with Crippen molar-refractivity contribution < 1.29 is 32.6 Å². The monoisotopic (exact) mass is 689 g/mol. The third-order valence-electron chi connectivity index (χ3n) is 11.9. The zero-order chi connectivity index (χ0) is 34.0. The van der Waals surface area contributed by atoms with Crippen LogP contribution in [0.1, 0.15) is 56.4 Å². The van der Waals surface area contributed by atoms with Crippen molar-refractivity contribution in [3.05, 3.63) is 53.9 Å². The molecule has 4 fully saturated rings. The zero-order valence-electron chi connectivity index (χ0n) is 28.4. The zero-order valence-corrected chi connectivity index (χ0v) is 29.1. The van der Waals surface area contributed by atoms with Crippen LogP contribution >= 0.6 is 11.6 Å². The van der Waals surface area contributed by atoms with Crippen molar-refractivity contribution >= 4 is 22.8 Å². The van der Waals surface area contributed by atoms with E-state index in [2.05, 4.69) is 9.80 Å². The summed E-state index contributed by atoms with van der Waals surface area (Å²) in [6.07, 6.45) is 10.9. The normalized spacial score (nSPS) is 35.2. The first kappa shape index (κ1) is 35.5. The van der Waals surface area contributed by atoms with Gasteiger partial charge in [-0.05, 0) is 105 Å². The summed E-state index contributed by atoms with van der Waals surface area (Å²) in [5, 5.41) is -0.315. The second-order valence-corrected chi connectivity index (χ2v) is 14.8. The van der Waals surface area contributed by atoms with Crippen LogP contribution in [0.5, 0.6) is 5.75 Å². The van der Waals surface area contributed by atoms with Gasteiger partial charge in [0.05, 0.1) is 25.9 Å². The summed E-state index contributed by atoms with van der Waals surface area (Å²) in [5.74, 6) is -0.999. The molecule has 264 valence electrons. The number of methoxy groups -OCH3 is 3. The molecular formula is C37H50ClF2N3O5. The maximum Gasteiger partial charge on any atom is 0.262 e. The minimum Gasteiger partial charge on any atom is -0.497 e. The number of likely N-dealkylation sites (tertiary alicyclic amines) is 3. The molecule has 8 nitrogen and oxygen atoms in total. The Labute approximate surface area is 288 Å². The van der Waals surface area contributed by atoms with Crippen molar-refractivity contribution in [1.82, 2.24) is 14.7 Å². The van der Waals surface area contributed by atoms with Gasteiger partial charge in [-0.2, -0.15) is 0 Å². The van der Waals surface area contributed by atoms with Crippen molar-refractivity contribution in [2.75, 3.05) is 60.7 Å². The maximum atomic E-state index is 17.9. The molecule has 1 amide bonds. The number of carbonyl (C=O) groups excluding carboxylic acids is 2. The molecule has 3 saturated heterocycles. The summed E-state index contributed by atoms with van der Waals surface area (Å²) in [6.45, 7) is 2.44. The first-order chi connectivity index (χ1) is 23.1. The number of hydrogen-bond acceptors (Lipinski definition) is 7. The molecule has 0 bridgehead atoms. The van der Waals surface area contributed by atoms with Crippen molar-refractivity contribution in [1.29, 1.82) is 0 Å². The molecule has 3 aliphatic heterocycles. The fraction of sp³-hybridized carbons (Fsp3) is 0.676. The van der Waals surface area contributed by atoms with Gasteiger partial charge >= 0.3 is 0 Å². The Bertz CT molecular complexity index is 1350. The predicted molar refractivity (Wildman–Crippen MR) is 180 cm³/mol. The molecule has 11 heteroatoms. The van der Waals surface area contributed by atoms with Crippen molar-refractivity contribution in [3.8, 4) is 5.75 Å². The third-order valence-corrected chi connectivity index (χ3v) is 12.2. The van der Waals surface area contributed by atoms with Crippen LogP contribution in [-0.2, 0) is 19.1 Å². The molecule has 6 rings (SSSR count). The maximum absolute atomic E-state index is 17.9. The average Bonchev–Trinajstić information content (AvgIpc) is 3.70. The number of carbonyl (C=O) groups is 2. The Balaban J connectivity index is 1.24. The summed E-state index contributed by atoms with van der Waals surface area (Å²) in [7, 11) is 4.96. The van der Waals surface area contributed by atoms with Gasteiger partial charge in [0, 0.05) is 63.7 Å². The van der Waals surface area contributed by atoms with Gasteiger partial charge in [-0.15, -0.1) is 0 Å². The second kappa shape index (κ2) is 15.3. The van der Waals surface area contributed by atoms with Crippen molar-refractivity contribution in [2.24, 2.45) is 17.8 Å². The molecule has 0 radical (unpaired) electrons. The Morgan fingerprint density at radius 3 is 2.31 bits per heavy atom. The number of allylic oxidation sites excluding steroid dienone is 2. The molecule has 2 unspecified atom stereocenters. The Morgan fingerprint density at radius 2 is 1.69 bits per heavy atom. The summed E-state index contributed by atoms with van der Waals surface area (Å²) in [6, 6.07) is 7.11. The predicted octanol–water partition coefficient (Wildman–Crippen LogP) is 5.51. The van der Waals surface area contributed by atoms with Crippen LogP contribution in [0.3, 0.4) is 0 Å². The van der Waals surface area contributed by atoms with Crippen LogP contribution in [0, 0.1) is 17.8 Å². The van der Waals surface area contributed by atoms with Crippen molar-refractivity contribution in [2.45, 2.75) is 80.8 Å². The quantitative estimate of drug-likeness (QED) is 0.300. The summed E-state index contributed by atoms with van der Waals surface area (Å²) in [4.78, 5) is 32.7. The molecule has 1 aromatic rings. The molecule has 48 heavy (non-hydrogen) atoms. The van der Waals surface area contributed by atoms with Crippen LogP contribution in [0.25, 0.3) is 0 Å². The Morgan fingerprint density at radius 1 is 0.979 bits per heavy atom. The highest BCUT2D eigenvalue weighted by atomic mass is 35.5. The van der Waals surface area contributed by atoms with Crippen molar-refractivity contribution in [3.63, 3.8) is 0 Å². The molecular weight excluding hydrogens is 640 g/mol. The first-order valence-electron chi connectivity index (χ1n) is 17.5. The fourth-order valence-corrected chi connectivity index (χ4v) is 9.34. The lowest BCUT2D eigenvalue weighted by Crippen LogP contribution is -2.53. The van der Waals surface area contributed by atoms with Gasteiger partial charge in [0.2, 0.25) is 10.9 Å². The standard InChI is InChI=1S/C37H50ClF2N3O5/c1-46-22-29-18-26(32-13-6-27(39)19-34(32)41-16-14-25(15-17-41)35(38)44)20-43(29)36(45)37(40)23-42(28-7-11-31(48-3)12-8-28)21-33(37)24-4-9-30(47-2)10-5-24/h4-6,9-10,13,19,25-26,28-29,31-34H,7-8,11-12,14-18,20-23H2,1-3H3/t26-,28?,29+,31?,32?,33+,34?,37+/m1/s1. The van der Waals surface area contributed by atoms with Gasteiger partial charge in [0.25, 0.3) is 5.91 Å². The van der Waals surface area contributed by atoms with E-state index in [-0.39, 0.29) is 59.6 Å². The van der Waals surface area contributed by atoms with E-state index in [0.717, 1.165) is 31.2 Å². The minimum atomic E-state index is -2.13. The Hall–Kier alpha value is -2.37. The fourth-order valence-electron chi connectivity index (χ4n) is 9.12. The average molecular weight is 690 g/mol. The number of amides is 1. The molecule has 1 aromatic carbocycles. The van der Waals surface area contributed by atoms with Gasteiger partial charge in [-0.1, -0.05) is 18.2 Å². The van der Waals surface area contributed by atoms with E-state index in [9.17, 15) is 14.0 Å².